The molecule has 1 aromatic carbocycles. The second kappa shape index (κ2) is 5.76. The van der Waals surface area contributed by atoms with Crippen molar-refractivity contribution in [1.29, 1.82) is 0 Å². The van der Waals surface area contributed by atoms with Gasteiger partial charge in [0.1, 0.15) is 5.75 Å². The highest BCUT2D eigenvalue weighted by molar-refractivity contribution is 5.37. The minimum absolute atomic E-state index is 0.435. The minimum atomic E-state index is 0.435. The second-order valence-corrected chi connectivity index (χ2v) is 3.75. The van der Waals surface area contributed by atoms with Crippen LogP contribution >= 0.6 is 0 Å². The summed E-state index contributed by atoms with van der Waals surface area (Å²) in [6, 6.07) is 6.86. The van der Waals surface area contributed by atoms with Gasteiger partial charge in [0, 0.05) is 6.04 Å². The zero-order valence-corrected chi connectivity index (χ0v) is 10.1. The molecule has 0 fully saturated rings. The molecule has 0 spiro atoms. The van der Waals surface area contributed by atoms with Gasteiger partial charge in [0.25, 0.3) is 0 Å². The molecule has 1 rings (SSSR count). The first-order valence-electron chi connectivity index (χ1n) is 5.60. The van der Waals surface area contributed by atoms with E-state index in [1.54, 1.807) is 7.11 Å². The summed E-state index contributed by atoms with van der Waals surface area (Å²) in [5, 5.41) is 3.46. The largest absolute Gasteiger partial charge is 0.496 e. The first-order valence-corrected chi connectivity index (χ1v) is 5.60. The molecule has 0 saturated carbocycles. The Labute approximate surface area is 92.6 Å². The lowest BCUT2D eigenvalue weighted by atomic mass is 10.0. The van der Waals surface area contributed by atoms with Crippen molar-refractivity contribution in [3.05, 3.63) is 29.3 Å². The molecule has 0 aromatic heterocycles. The van der Waals surface area contributed by atoms with Crippen LogP contribution in [0.1, 0.15) is 37.4 Å². The van der Waals surface area contributed by atoms with Crippen LogP contribution in [0.5, 0.6) is 5.75 Å². The summed E-state index contributed by atoms with van der Waals surface area (Å²) in [5.41, 5.74) is 2.49. The highest BCUT2D eigenvalue weighted by Gasteiger charge is 2.09. The summed E-state index contributed by atoms with van der Waals surface area (Å²) in [7, 11) is 1.72. The van der Waals surface area contributed by atoms with Gasteiger partial charge in [-0.05, 0) is 37.1 Å². The zero-order valence-electron chi connectivity index (χ0n) is 10.1. The van der Waals surface area contributed by atoms with Gasteiger partial charge >= 0.3 is 0 Å². The third kappa shape index (κ3) is 2.96. The van der Waals surface area contributed by atoms with E-state index in [-0.39, 0.29) is 0 Å². The Balaban J connectivity index is 2.92. The fourth-order valence-corrected chi connectivity index (χ4v) is 1.80. The summed E-state index contributed by atoms with van der Waals surface area (Å²) in [6.45, 7) is 7.39. The van der Waals surface area contributed by atoms with E-state index in [0.717, 1.165) is 18.7 Å². The van der Waals surface area contributed by atoms with Crippen LogP contribution in [0.4, 0.5) is 0 Å². The summed E-state index contributed by atoms with van der Waals surface area (Å²) in [4.78, 5) is 0. The second-order valence-electron chi connectivity index (χ2n) is 3.75. The fourth-order valence-electron chi connectivity index (χ4n) is 1.80. The van der Waals surface area contributed by atoms with Gasteiger partial charge in [-0.2, -0.15) is 0 Å². The van der Waals surface area contributed by atoms with Crippen molar-refractivity contribution in [3.63, 3.8) is 0 Å². The van der Waals surface area contributed by atoms with Crippen LogP contribution in [0.3, 0.4) is 0 Å². The van der Waals surface area contributed by atoms with Crippen LogP contribution in [0, 0.1) is 6.92 Å². The molecule has 0 heterocycles. The number of methoxy groups -OCH3 is 1. The van der Waals surface area contributed by atoms with Crippen molar-refractivity contribution in [2.45, 2.75) is 33.2 Å². The van der Waals surface area contributed by atoms with Crippen molar-refractivity contribution in [3.8, 4) is 5.75 Å². The van der Waals surface area contributed by atoms with E-state index >= 15 is 0 Å². The number of nitrogens with one attached hydrogen (secondary N) is 1. The van der Waals surface area contributed by atoms with Crippen LogP contribution < -0.4 is 10.1 Å². The van der Waals surface area contributed by atoms with E-state index in [1.165, 1.54) is 11.1 Å². The molecule has 0 bridgehead atoms. The van der Waals surface area contributed by atoms with E-state index in [1.807, 2.05) is 0 Å². The van der Waals surface area contributed by atoms with Crippen molar-refractivity contribution in [2.75, 3.05) is 13.7 Å². The number of ether oxygens (including phenoxy) is 1. The predicted molar refractivity (Wildman–Crippen MR) is 64.4 cm³/mol. The number of aryl methyl sites for hydroxylation is 1. The summed E-state index contributed by atoms with van der Waals surface area (Å²) >= 11 is 0. The molecule has 15 heavy (non-hydrogen) atoms. The number of hydrogen-bond donors (Lipinski definition) is 1. The van der Waals surface area contributed by atoms with E-state index in [4.69, 9.17) is 4.74 Å². The van der Waals surface area contributed by atoms with E-state index < -0.39 is 0 Å². The number of rotatable bonds is 5. The van der Waals surface area contributed by atoms with Gasteiger partial charge in [-0.3, -0.25) is 0 Å². The van der Waals surface area contributed by atoms with E-state index in [2.05, 4.69) is 44.3 Å². The van der Waals surface area contributed by atoms with Crippen molar-refractivity contribution in [2.24, 2.45) is 0 Å². The first kappa shape index (κ1) is 12.1. The third-order valence-electron chi connectivity index (χ3n) is 2.69. The molecular weight excluding hydrogens is 186 g/mol. The van der Waals surface area contributed by atoms with Gasteiger partial charge in [0.05, 0.1) is 7.11 Å². The summed E-state index contributed by atoms with van der Waals surface area (Å²) < 4.78 is 5.33. The molecule has 1 unspecified atom stereocenters. The maximum absolute atomic E-state index is 5.33. The normalized spacial score (nSPS) is 12.5. The maximum Gasteiger partial charge on any atom is 0.122 e. The fraction of sp³-hybridized carbons (Fsp3) is 0.538. The molecular formula is C13H21NO. The molecule has 84 valence electrons. The molecule has 0 radical (unpaired) electrons. The monoisotopic (exact) mass is 207 g/mol. The predicted octanol–water partition coefficient (Wildman–Crippen LogP) is 3.06. The Hall–Kier alpha value is -1.02. The quantitative estimate of drug-likeness (QED) is 0.801. The molecule has 0 saturated heterocycles. The van der Waals surface area contributed by atoms with Gasteiger partial charge in [-0.1, -0.05) is 26.0 Å². The topological polar surface area (TPSA) is 21.3 Å². The number of hydrogen-bond acceptors (Lipinski definition) is 2. The third-order valence-corrected chi connectivity index (χ3v) is 2.69. The van der Waals surface area contributed by atoms with Crippen LogP contribution in [0.25, 0.3) is 0 Å². The molecule has 2 nitrogen and oxygen atoms in total. The smallest absolute Gasteiger partial charge is 0.122 e. The average molecular weight is 207 g/mol. The lowest BCUT2D eigenvalue weighted by molar-refractivity contribution is 0.409. The molecule has 2 heteroatoms. The molecule has 0 amide bonds. The van der Waals surface area contributed by atoms with Crippen LogP contribution in [0.2, 0.25) is 0 Å². The Bertz CT molecular complexity index is 309. The lowest BCUT2D eigenvalue weighted by Gasteiger charge is -2.17. The molecule has 1 atom stereocenters. The van der Waals surface area contributed by atoms with Crippen LogP contribution in [-0.4, -0.2) is 13.7 Å². The van der Waals surface area contributed by atoms with Crippen molar-refractivity contribution >= 4 is 0 Å². The molecule has 0 aliphatic rings. The number of benzene rings is 1. The standard InChI is InChI=1S/C13H21NO/c1-5-12(14-6-2)11-8-7-10(3)13(9-11)15-4/h7-9,12,14H,5-6H2,1-4H3. The summed E-state index contributed by atoms with van der Waals surface area (Å²) in [5.74, 6) is 0.976. The molecule has 0 aliphatic carbocycles. The van der Waals surface area contributed by atoms with Gasteiger partial charge in [-0.15, -0.1) is 0 Å². The van der Waals surface area contributed by atoms with Crippen LogP contribution in [0.15, 0.2) is 18.2 Å². The maximum atomic E-state index is 5.33. The highest BCUT2D eigenvalue weighted by Crippen LogP contribution is 2.24. The first-order chi connectivity index (χ1) is 7.22. The van der Waals surface area contributed by atoms with Crippen LogP contribution in [-0.2, 0) is 0 Å². The van der Waals surface area contributed by atoms with E-state index in [0.29, 0.717) is 6.04 Å². The lowest BCUT2D eigenvalue weighted by Crippen LogP contribution is -2.20. The van der Waals surface area contributed by atoms with Crippen molar-refractivity contribution in [1.82, 2.24) is 5.32 Å². The Morgan fingerprint density at radius 1 is 1.33 bits per heavy atom. The molecule has 1 aromatic rings. The van der Waals surface area contributed by atoms with Gasteiger partial charge < -0.3 is 10.1 Å². The highest BCUT2D eigenvalue weighted by atomic mass is 16.5. The SMILES string of the molecule is CCNC(CC)c1ccc(C)c(OC)c1. The molecule has 0 aliphatic heterocycles. The van der Waals surface area contributed by atoms with Crippen molar-refractivity contribution < 1.29 is 4.74 Å². The molecule has 1 N–H and O–H groups in total. The zero-order chi connectivity index (χ0) is 11.3. The van der Waals surface area contributed by atoms with E-state index in [9.17, 15) is 0 Å². The minimum Gasteiger partial charge on any atom is -0.496 e. The Morgan fingerprint density at radius 2 is 2.07 bits per heavy atom. The Morgan fingerprint density at radius 3 is 2.60 bits per heavy atom. The average Bonchev–Trinajstić information content (AvgIpc) is 2.27. The van der Waals surface area contributed by atoms with Gasteiger partial charge in [-0.25, -0.2) is 0 Å². The summed E-state index contributed by atoms with van der Waals surface area (Å²) in [6.07, 6.45) is 1.10. The Kier molecular flexibility index (Phi) is 4.63. The van der Waals surface area contributed by atoms with Gasteiger partial charge in [0.15, 0.2) is 0 Å². The van der Waals surface area contributed by atoms with Gasteiger partial charge in [0.2, 0.25) is 0 Å².